The molecule has 1 aromatic carbocycles. The molecule has 1 aromatic rings. The van der Waals surface area contributed by atoms with Crippen LogP contribution in [-0.4, -0.2) is 11.3 Å². The molecule has 0 aliphatic heterocycles. The minimum Gasteiger partial charge on any atom is -0.327 e. The van der Waals surface area contributed by atoms with Crippen LogP contribution in [0, 0.1) is 5.82 Å². The zero-order valence-electron chi connectivity index (χ0n) is 11.7. The quantitative estimate of drug-likeness (QED) is 0.858. The van der Waals surface area contributed by atoms with Gasteiger partial charge in [0.25, 0.3) is 0 Å². The Morgan fingerprint density at radius 1 is 1.32 bits per heavy atom. The molecule has 1 saturated carbocycles. The molecule has 1 aliphatic rings. The van der Waals surface area contributed by atoms with Gasteiger partial charge >= 0.3 is 0 Å². The van der Waals surface area contributed by atoms with E-state index in [4.69, 9.17) is 5.73 Å². The predicted molar refractivity (Wildman–Crippen MR) is 81.1 cm³/mol. The number of thioether (sulfide) groups is 1. The van der Waals surface area contributed by atoms with Crippen molar-refractivity contribution in [3.8, 4) is 0 Å². The summed E-state index contributed by atoms with van der Waals surface area (Å²) in [6.07, 6.45) is 8.34. The van der Waals surface area contributed by atoms with Crippen LogP contribution in [0.5, 0.6) is 0 Å². The van der Waals surface area contributed by atoms with E-state index in [2.05, 4.69) is 6.92 Å². The molecule has 1 atom stereocenters. The van der Waals surface area contributed by atoms with Crippen molar-refractivity contribution in [2.24, 2.45) is 5.73 Å². The summed E-state index contributed by atoms with van der Waals surface area (Å²) in [5.41, 5.74) is 7.11. The summed E-state index contributed by atoms with van der Waals surface area (Å²) in [7, 11) is 0. The van der Waals surface area contributed by atoms with Crippen LogP contribution in [0.2, 0.25) is 0 Å². The highest BCUT2D eigenvalue weighted by atomic mass is 32.2. The number of hydrogen-bond donors (Lipinski definition) is 1. The van der Waals surface area contributed by atoms with Crippen LogP contribution in [0.15, 0.2) is 23.1 Å². The van der Waals surface area contributed by atoms with E-state index in [1.807, 2.05) is 17.8 Å². The first-order chi connectivity index (χ1) is 9.19. The van der Waals surface area contributed by atoms with Crippen LogP contribution in [0.1, 0.15) is 51.0 Å². The standard InChI is InChI=1S/C16H24FNS/c1-2-14(18)11-12-10-13(17)8-9-16(12)19-15-6-4-3-5-7-15/h8-10,14-15H,2-7,11,18H2,1H3. The second kappa shape index (κ2) is 7.30. The summed E-state index contributed by atoms with van der Waals surface area (Å²) in [4.78, 5) is 1.23. The molecule has 1 nitrogen and oxygen atoms in total. The van der Waals surface area contributed by atoms with Gasteiger partial charge in [-0.1, -0.05) is 26.2 Å². The lowest BCUT2D eigenvalue weighted by Crippen LogP contribution is -2.22. The molecule has 0 aromatic heterocycles. The molecule has 0 heterocycles. The maximum absolute atomic E-state index is 13.4. The van der Waals surface area contributed by atoms with Crippen LogP contribution in [-0.2, 0) is 6.42 Å². The Labute approximate surface area is 120 Å². The van der Waals surface area contributed by atoms with E-state index in [-0.39, 0.29) is 11.9 Å². The van der Waals surface area contributed by atoms with Crippen LogP contribution in [0.4, 0.5) is 4.39 Å². The number of benzene rings is 1. The highest BCUT2D eigenvalue weighted by Gasteiger charge is 2.17. The molecule has 1 fully saturated rings. The van der Waals surface area contributed by atoms with Gasteiger partial charge in [-0.05, 0) is 49.4 Å². The molecular weight excluding hydrogens is 257 g/mol. The summed E-state index contributed by atoms with van der Waals surface area (Å²) in [6, 6.07) is 5.31. The lowest BCUT2D eigenvalue weighted by atomic mass is 10.0. The maximum Gasteiger partial charge on any atom is 0.123 e. The Morgan fingerprint density at radius 2 is 2.05 bits per heavy atom. The number of rotatable bonds is 5. The lowest BCUT2D eigenvalue weighted by molar-refractivity contribution is 0.516. The van der Waals surface area contributed by atoms with Gasteiger partial charge in [-0.15, -0.1) is 11.8 Å². The van der Waals surface area contributed by atoms with Crippen LogP contribution >= 0.6 is 11.8 Å². The third-order valence-electron chi connectivity index (χ3n) is 3.87. The van der Waals surface area contributed by atoms with Crippen molar-refractivity contribution in [2.75, 3.05) is 0 Å². The minimum absolute atomic E-state index is 0.132. The largest absolute Gasteiger partial charge is 0.327 e. The maximum atomic E-state index is 13.4. The monoisotopic (exact) mass is 281 g/mol. The Kier molecular flexibility index (Phi) is 5.71. The highest BCUT2D eigenvalue weighted by molar-refractivity contribution is 8.00. The van der Waals surface area contributed by atoms with Gasteiger partial charge in [0.1, 0.15) is 5.82 Å². The average Bonchev–Trinajstić information content (AvgIpc) is 2.43. The molecule has 106 valence electrons. The van der Waals surface area contributed by atoms with Crippen molar-refractivity contribution in [3.63, 3.8) is 0 Å². The Hall–Kier alpha value is -0.540. The zero-order valence-corrected chi connectivity index (χ0v) is 12.5. The fourth-order valence-corrected chi connectivity index (χ4v) is 3.98. The van der Waals surface area contributed by atoms with Gasteiger partial charge in [0, 0.05) is 16.2 Å². The van der Waals surface area contributed by atoms with Crippen molar-refractivity contribution in [2.45, 2.75) is 68.1 Å². The molecule has 1 aliphatic carbocycles. The summed E-state index contributed by atoms with van der Waals surface area (Å²) in [6.45, 7) is 2.08. The fraction of sp³-hybridized carbons (Fsp3) is 0.625. The van der Waals surface area contributed by atoms with Crippen molar-refractivity contribution < 1.29 is 4.39 Å². The Bertz CT molecular complexity index is 402. The van der Waals surface area contributed by atoms with Crippen LogP contribution < -0.4 is 5.73 Å². The second-order valence-electron chi connectivity index (χ2n) is 5.50. The summed E-state index contributed by atoms with van der Waals surface area (Å²) < 4.78 is 13.4. The smallest absolute Gasteiger partial charge is 0.123 e. The first-order valence-corrected chi connectivity index (χ1v) is 8.27. The predicted octanol–water partition coefficient (Wildman–Crippen LogP) is 4.53. The molecule has 0 amide bonds. The molecule has 2 rings (SSSR count). The van der Waals surface area contributed by atoms with Crippen LogP contribution in [0.25, 0.3) is 0 Å². The minimum atomic E-state index is -0.147. The van der Waals surface area contributed by atoms with Crippen molar-refractivity contribution in [1.29, 1.82) is 0 Å². The summed E-state index contributed by atoms with van der Waals surface area (Å²) in [5, 5.41) is 0.704. The SMILES string of the molecule is CCC(N)Cc1cc(F)ccc1SC1CCCCC1. The number of nitrogens with two attached hydrogens (primary N) is 1. The van der Waals surface area contributed by atoms with E-state index in [9.17, 15) is 4.39 Å². The lowest BCUT2D eigenvalue weighted by Gasteiger charge is -2.22. The van der Waals surface area contributed by atoms with Gasteiger partial charge in [0.2, 0.25) is 0 Å². The van der Waals surface area contributed by atoms with Crippen LogP contribution in [0.3, 0.4) is 0 Å². The Balaban J connectivity index is 2.09. The van der Waals surface area contributed by atoms with Gasteiger partial charge in [-0.2, -0.15) is 0 Å². The average molecular weight is 281 g/mol. The Morgan fingerprint density at radius 3 is 2.74 bits per heavy atom. The van der Waals surface area contributed by atoms with Gasteiger partial charge in [0.05, 0.1) is 0 Å². The summed E-state index contributed by atoms with van der Waals surface area (Å²) >= 11 is 1.93. The van der Waals surface area contributed by atoms with E-state index < -0.39 is 0 Å². The molecule has 19 heavy (non-hydrogen) atoms. The zero-order chi connectivity index (χ0) is 13.7. The van der Waals surface area contributed by atoms with E-state index >= 15 is 0 Å². The van der Waals surface area contributed by atoms with Gasteiger partial charge < -0.3 is 5.73 Å². The molecule has 0 saturated heterocycles. The third-order valence-corrected chi connectivity index (χ3v) is 5.33. The highest BCUT2D eigenvalue weighted by Crippen LogP contribution is 2.35. The number of hydrogen-bond acceptors (Lipinski definition) is 2. The van der Waals surface area contributed by atoms with Gasteiger partial charge in [0.15, 0.2) is 0 Å². The van der Waals surface area contributed by atoms with Crippen molar-refractivity contribution in [1.82, 2.24) is 0 Å². The third kappa shape index (κ3) is 4.50. The normalized spacial score (nSPS) is 18.5. The first kappa shape index (κ1) is 14.9. The molecule has 0 radical (unpaired) electrons. The molecule has 0 spiro atoms. The van der Waals surface area contributed by atoms with Gasteiger partial charge in [-0.25, -0.2) is 4.39 Å². The number of halogens is 1. The second-order valence-corrected chi connectivity index (χ2v) is 6.84. The summed E-state index contributed by atoms with van der Waals surface area (Å²) in [5.74, 6) is -0.147. The fourth-order valence-electron chi connectivity index (χ4n) is 2.61. The topological polar surface area (TPSA) is 26.0 Å². The molecule has 1 unspecified atom stereocenters. The van der Waals surface area contributed by atoms with Crippen molar-refractivity contribution in [3.05, 3.63) is 29.6 Å². The van der Waals surface area contributed by atoms with Crippen molar-refractivity contribution >= 4 is 11.8 Å². The van der Waals surface area contributed by atoms with Gasteiger partial charge in [-0.3, -0.25) is 0 Å². The van der Waals surface area contributed by atoms with E-state index in [0.717, 1.165) is 18.4 Å². The van der Waals surface area contributed by atoms with E-state index in [0.29, 0.717) is 5.25 Å². The molecule has 3 heteroatoms. The molecule has 2 N–H and O–H groups in total. The van der Waals surface area contributed by atoms with E-state index in [1.165, 1.54) is 37.0 Å². The molecule has 0 bridgehead atoms. The first-order valence-electron chi connectivity index (χ1n) is 7.39. The molecular formula is C16H24FNS. The van der Waals surface area contributed by atoms with E-state index in [1.54, 1.807) is 12.1 Å².